The lowest BCUT2D eigenvalue weighted by atomic mass is 9.91. The number of aliphatic hydroxyl groups excluding tert-OH is 4. The normalized spacial score (nSPS) is 22.0. The minimum absolute atomic E-state index is 0.132. The molecule has 5 atom stereocenters. The van der Waals surface area contributed by atoms with Crippen LogP contribution in [0.25, 0.3) is 23.1 Å². The molecule has 244 valence electrons. The molecule has 1 fully saturated rings. The van der Waals surface area contributed by atoms with Crippen molar-refractivity contribution < 1.29 is 39.2 Å². The zero-order valence-electron chi connectivity index (χ0n) is 25.3. The second kappa shape index (κ2) is 13.5. The number of carbonyl (C=O) groups is 2. The van der Waals surface area contributed by atoms with Gasteiger partial charge in [-0.05, 0) is 54.3 Å². The zero-order chi connectivity index (χ0) is 33.2. The predicted octanol–water partition coefficient (Wildman–Crippen LogP) is 2.24. The molecule has 2 amide bonds. The van der Waals surface area contributed by atoms with E-state index >= 15 is 0 Å². The Morgan fingerprint density at radius 2 is 1.66 bits per heavy atom. The van der Waals surface area contributed by atoms with E-state index < -0.39 is 54.6 Å². The summed E-state index contributed by atoms with van der Waals surface area (Å²) >= 11 is 0. The van der Waals surface area contributed by atoms with Crippen LogP contribution in [-0.2, 0) is 4.74 Å². The summed E-state index contributed by atoms with van der Waals surface area (Å²) in [5.74, 6) is -1.09. The van der Waals surface area contributed by atoms with Gasteiger partial charge in [0, 0.05) is 41.0 Å². The number of hydrogen-bond donors (Lipinski definition) is 6. The predicted molar refractivity (Wildman–Crippen MR) is 174 cm³/mol. The van der Waals surface area contributed by atoms with Gasteiger partial charge in [-0.1, -0.05) is 48.6 Å². The summed E-state index contributed by atoms with van der Waals surface area (Å²) in [6.07, 6.45) is -1.58. The highest BCUT2D eigenvalue weighted by Crippen LogP contribution is 2.38. The Kier molecular flexibility index (Phi) is 9.21. The summed E-state index contributed by atoms with van der Waals surface area (Å²) < 4.78 is 11.0. The van der Waals surface area contributed by atoms with Crippen LogP contribution in [0.1, 0.15) is 56.4 Å². The van der Waals surface area contributed by atoms with E-state index in [2.05, 4.69) is 10.2 Å². The first kappa shape index (κ1) is 32.1. The topological polar surface area (TPSA) is 196 Å². The fraction of sp³-hybridized carbons (Fsp3) is 0.286. The van der Waals surface area contributed by atoms with Crippen LogP contribution in [0.3, 0.4) is 0 Å². The summed E-state index contributed by atoms with van der Waals surface area (Å²) in [7, 11) is 0. The fourth-order valence-electron chi connectivity index (χ4n) is 6.13. The number of rotatable bonds is 9. The van der Waals surface area contributed by atoms with Crippen molar-refractivity contribution in [2.75, 3.05) is 24.6 Å². The third kappa shape index (κ3) is 6.29. The maximum absolute atomic E-state index is 13.0. The van der Waals surface area contributed by atoms with Crippen molar-refractivity contribution in [2.24, 2.45) is 5.73 Å². The van der Waals surface area contributed by atoms with Gasteiger partial charge in [0.1, 0.15) is 41.7 Å². The van der Waals surface area contributed by atoms with Crippen LogP contribution in [0.5, 0.6) is 0 Å². The van der Waals surface area contributed by atoms with Gasteiger partial charge < -0.3 is 45.5 Å². The van der Waals surface area contributed by atoms with E-state index in [4.69, 9.17) is 14.9 Å². The molecule has 3 aromatic carbocycles. The molecule has 0 unspecified atom stereocenters. The van der Waals surface area contributed by atoms with E-state index in [0.717, 1.165) is 22.5 Å². The molecule has 4 aromatic rings. The molecule has 3 heterocycles. The molecule has 6 rings (SSSR count). The molecular weight excluding hydrogens is 606 g/mol. The molecule has 47 heavy (non-hydrogen) atoms. The molecule has 1 saturated heterocycles. The maximum Gasteiger partial charge on any atom is 0.349 e. The molecule has 2 aliphatic heterocycles. The van der Waals surface area contributed by atoms with Crippen molar-refractivity contribution >= 4 is 46.3 Å². The van der Waals surface area contributed by atoms with Crippen molar-refractivity contribution in [3.63, 3.8) is 0 Å². The number of hydrogen-bond acceptors (Lipinski definition) is 10. The number of nitrogens with one attached hydrogen (secondary N) is 1. The number of amides is 2. The second-order valence-corrected chi connectivity index (χ2v) is 11.6. The molecule has 2 aliphatic rings. The van der Waals surface area contributed by atoms with Gasteiger partial charge in [0.2, 0.25) is 5.91 Å². The van der Waals surface area contributed by atoms with Crippen molar-refractivity contribution in [1.82, 2.24) is 5.32 Å². The van der Waals surface area contributed by atoms with Gasteiger partial charge in [-0.2, -0.15) is 0 Å². The summed E-state index contributed by atoms with van der Waals surface area (Å²) in [4.78, 5) is 40.0. The standard InChI is InChI=1S/C35H35N3O9/c36-33(43)23-7-5-9-26-22(23)13-12-19-6-1-2-8-25(19)38(26)15-4-3-14-37-34(44)24-16-20-10-11-21(17-27(20)47-35(24)45)32-31(42)30(41)29(40)28(18-39)46-32/h1-2,5-13,16-17,28-32,39-42H,3-4,14-15,18H2,(H2,36,43)(H,37,44)/t28-,29+,30+,31-,32+/m1/s1. The minimum Gasteiger partial charge on any atom is -0.422 e. The molecule has 0 bridgehead atoms. The van der Waals surface area contributed by atoms with Crippen LogP contribution in [-0.4, -0.2) is 76.4 Å². The maximum atomic E-state index is 13.0. The fourth-order valence-corrected chi connectivity index (χ4v) is 6.13. The minimum atomic E-state index is -1.55. The van der Waals surface area contributed by atoms with Crippen LogP contribution >= 0.6 is 0 Å². The summed E-state index contributed by atoms with van der Waals surface area (Å²) in [5.41, 5.74) is 9.14. The van der Waals surface area contributed by atoms with Crippen LogP contribution in [0.2, 0.25) is 0 Å². The van der Waals surface area contributed by atoms with Gasteiger partial charge in [0.15, 0.2) is 0 Å². The quantitative estimate of drug-likeness (QED) is 0.117. The number of ether oxygens (including phenoxy) is 1. The summed E-state index contributed by atoms with van der Waals surface area (Å²) in [5, 5.41) is 43.4. The summed E-state index contributed by atoms with van der Waals surface area (Å²) in [6.45, 7) is 0.324. The largest absolute Gasteiger partial charge is 0.422 e. The molecule has 0 saturated carbocycles. The van der Waals surface area contributed by atoms with E-state index in [1.165, 1.54) is 12.1 Å². The molecule has 12 heteroatoms. The number of para-hydroxylation sites is 1. The Bertz CT molecular complexity index is 1900. The number of benzene rings is 3. The highest BCUT2D eigenvalue weighted by atomic mass is 16.5. The number of primary amides is 1. The highest BCUT2D eigenvalue weighted by molar-refractivity contribution is 6.02. The molecule has 0 radical (unpaired) electrons. The second-order valence-electron chi connectivity index (χ2n) is 11.6. The molecule has 12 nitrogen and oxygen atoms in total. The average molecular weight is 642 g/mol. The van der Waals surface area contributed by atoms with Gasteiger partial charge in [0.25, 0.3) is 5.91 Å². The lowest BCUT2D eigenvalue weighted by Crippen LogP contribution is -2.55. The van der Waals surface area contributed by atoms with E-state index in [1.54, 1.807) is 24.3 Å². The zero-order valence-corrected chi connectivity index (χ0v) is 25.3. The van der Waals surface area contributed by atoms with Crippen molar-refractivity contribution in [3.8, 4) is 0 Å². The van der Waals surface area contributed by atoms with Crippen LogP contribution < -0.4 is 21.6 Å². The van der Waals surface area contributed by atoms with Gasteiger partial charge in [-0.15, -0.1) is 0 Å². The smallest absolute Gasteiger partial charge is 0.349 e. The third-order valence-electron chi connectivity index (χ3n) is 8.62. The molecule has 1 aromatic heterocycles. The number of nitrogens with two attached hydrogens (primary N) is 1. The van der Waals surface area contributed by atoms with Crippen molar-refractivity contribution in [3.05, 3.63) is 105 Å². The van der Waals surface area contributed by atoms with Gasteiger partial charge in [0.05, 0.1) is 6.61 Å². The number of aliphatic hydroxyl groups is 4. The first-order chi connectivity index (χ1) is 22.7. The molecule has 0 aliphatic carbocycles. The Morgan fingerprint density at radius 3 is 2.45 bits per heavy atom. The number of nitrogens with zero attached hydrogens (tertiary/aromatic N) is 1. The monoisotopic (exact) mass is 641 g/mol. The van der Waals surface area contributed by atoms with Gasteiger partial charge in [-0.3, -0.25) is 9.59 Å². The SMILES string of the molecule is NC(=O)c1cccc2c1C=Cc1ccccc1N2CCCCNC(=O)c1cc2ccc([C@@H]3O[C@H](CO)[C@H](O)[C@H](O)[C@H]3O)cc2oc1=O. The number of anilines is 2. The van der Waals surface area contributed by atoms with Crippen molar-refractivity contribution in [1.29, 1.82) is 0 Å². The third-order valence-corrected chi connectivity index (χ3v) is 8.62. The number of carbonyl (C=O) groups excluding carboxylic acids is 2. The molecule has 0 spiro atoms. The van der Waals surface area contributed by atoms with E-state index in [9.17, 15) is 34.8 Å². The summed E-state index contributed by atoms with van der Waals surface area (Å²) in [6, 6.07) is 19.4. The van der Waals surface area contributed by atoms with E-state index in [0.29, 0.717) is 42.4 Å². The van der Waals surface area contributed by atoms with Gasteiger partial charge in [-0.25, -0.2) is 4.79 Å². The lowest BCUT2D eigenvalue weighted by Gasteiger charge is -2.40. The van der Waals surface area contributed by atoms with E-state index in [1.807, 2.05) is 42.5 Å². The van der Waals surface area contributed by atoms with Gasteiger partial charge >= 0.3 is 5.63 Å². The molecule has 7 N–H and O–H groups in total. The first-order valence-corrected chi connectivity index (χ1v) is 15.3. The molecular formula is C35H35N3O9. The lowest BCUT2D eigenvalue weighted by molar-refractivity contribution is -0.231. The van der Waals surface area contributed by atoms with E-state index in [-0.39, 0.29) is 11.1 Å². The van der Waals surface area contributed by atoms with Crippen LogP contribution in [0.4, 0.5) is 11.4 Å². The number of fused-ring (bicyclic) bond motifs is 3. The number of unbranched alkanes of at least 4 members (excludes halogenated alkanes) is 1. The Labute approximate surface area is 269 Å². The van der Waals surface area contributed by atoms with Crippen LogP contribution in [0.15, 0.2) is 75.9 Å². The average Bonchev–Trinajstić information content (AvgIpc) is 3.23. The Hall–Kier alpha value is -4.85. The Morgan fingerprint density at radius 1 is 0.872 bits per heavy atom. The Balaban J connectivity index is 1.11. The first-order valence-electron chi connectivity index (χ1n) is 15.3. The van der Waals surface area contributed by atoms with Crippen LogP contribution in [0, 0.1) is 0 Å². The highest BCUT2D eigenvalue weighted by Gasteiger charge is 2.44. The van der Waals surface area contributed by atoms with Crippen molar-refractivity contribution in [2.45, 2.75) is 43.4 Å².